The van der Waals surface area contributed by atoms with Gasteiger partial charge in [0.2, 0.25) is 0 Å². The summed E-state index contributed by atoms with van der Waals surface area (Å²) in [5.74, 6) is -0.791. The molecule has 0 aliphatic carbocycles. The van der Waals surface area contributed by atoms with Crippen molar-refractivity contribution in [3.63, 3.8) is 0 Å². The van der Waals surface area contributed by atoms with Gasteiger partial charge in [-0.25, -0.2) is 0 Å². The first-order valence-corrected chi connectivity index (χ1v) is 13.8. The summed E-state index contributed by atoms with van der Waals surface area (Å²) in [4.78, 5) is 0.336. The van der Waals surface area contributed by atoms with Crippen LogP contribution in [0.2, 0.25) is 0 Å². The summed E-state index contributed by atoms with van der Waals surface area (Å²) in [5, 5.41) is -3.49. The monoisotopic (exact) mass is 644 g/mol. The maximum atomic E-state index is 9.60. The number of furan rings is 1. The molecule has 2 heteroatoms. The van der Waals surface area contributed by atoms with Crippen LogP contribution in [0.1, 0.15) is 42.5 Å². The lowest BCUT2D eigenvalue weighted by atomic mass is 9.98. The number of anilines is 3. The minimum absolute atomic E-state index is 0.336. The van der Waals surface area contributed by atoms with E-state index in [9.17, 15) is 13.7 Å². The van der Waals surface area contributed by atoms with E-state index in [2.05, 4.69) is 0 Å². The third-order valence-electron chi connectivity index (χ3n) is 6.95. The molecule has 1 heterocycles. The predicted octanol–water partition coefficient (Wildman–Crippen LogP) is 13.2. The molecule has 0 unspecified atom stereocenters. The molecule has 0 atom stereocenters. The molecule has 0 bridgehead atoms. The maximum Gasteiger partial charge on any atom is 0.135 e. The Labute approximate surface area is 323 Å². The van der Waals surface area contributed by atoms with Crippen LogP contribution in [0.25, 0.3) is 66.1 Å². The molecular formula is C46H31NO. The van der Waals surface area contributed by atoms with Gasteiger partial charge in [-0.05, 0) is 86.8 Å². The Morgan fingerprint density at radius 2 is 0.958 bits per heavy atom. The summed E-state index contributed by atoms with van der Waals surface area (Å²) >= 11 is 0. The van der Waals surface area contributed by atoms with Crippen LogP contribution >= 0.6 is 0 Å². The first-order valence-electron chi connectivity index (χ1n) is 29.3. The van der Waals surface area contributed by atoms with E-state index in [0.29, 0.717) is 4.90 Å². The number of para-hydroxylation sites is 1. The van der Waals surface area contributed by atoms with Crippen molar-refractivity contribution in [3.05, 3.63) is 187 Å². The molecule has 0 aliphatic rings. The van der Waals surface area contributed by atoms with E-state index in [1.807, 2.05) is 0 Å². The van der Waals surface area contributed by atoms with Crippen LogP contribution in [0.15, 0.2) is 192 Å². The Kier molecular flexibility index (Phi) is 2.59. The van der Waals surface area contributed by atoms with Crippen molar-refractivity contribution in [2.75, 3.05) is 4.90 Å². The van der Waals surface area contributed by atoms with E-state index in [1.54, 1.807) is 0 Å². The van der Waals surface area contributed by atoms with Gasteiger partial charge < -0.3 is 9.32 Å². The van der Waals surface area contributed by atoms with Gasteiger partial charge in [0, 0.05) is 27.7 Å². The van der Waals surface area contributed by atoms with Crippen LogP contribution < -0.4 is 4.90 Å². The highest BCUT2D eigenvalue weighted by Gasteiger charge is 2.16. The summed E-state index contributed by atoms with van der Waals surface area (Å²) in [6.45, 7) is 0. The normalized spacial score (nSPS) is 20.4. The van der Waals surface area contributed by atoms with E-state index in [4.69, 9.17) is 33.2 Å². The minimum atomic E-state index is -1.32. The second-order valence-electron chi connectivity index (χ2n) is 9.77. The molecule has 9 rings (SSSR count). The Balaban J connectivity index is 1.45. The van der Waals surface area contributed by atoms with E-state index in [1.165, 1.54) is 0 Å². The number of benzene rings is 8. The molecule has 0 spiro atoms. The molecule has 0 saturated carbocycles. The highest BCUT2D eigenvalue weighted by molar-refractivity contribution is 6.00. The Hall–Kier alpha value is -6.38. The Morgan fingerprint density at radius 1 is 0.396 bits per heavy atom. The molecule has 48 heavy (non-hydrogen) atoms. The molecule has 0 amide bonds. The van der Waals surface area contributed by atoms with Gasteiger partial charge in [0.15, 0.2) is 0 Å². The zero-order valence-corrected chi connectivity index (χ0v) is 23.9. The van der Waals surface area contributed by atoms with Gasteiger partial charge >= 0.3 is 0 Å². The molecule has 0 N–H and O–H groups in total. The first kappa shape index (κ1) is 10.6. The second-order valence-corrected chi connectivity index (χ2v) is 9.77. The third kappa shape index (κ3) is 5.01. The van der Waals surface area contributed by atoms with Gasteiger partial charge in [-0.15, -0.1) is 0 Å². The highest BCUT2D eigenvalue weighted by atomic mass is 16.3. The molecule has 8 aromatic carbocycles. The molecular weight excluding hydrogens is 583 g/mol. The average Bonchev–Trinajstić information content (AvgIpc) is 3.95. The lowest BCUT2D eigenvalue weighted by Gasteiger charge is -2.27. The SMILES string of the molecule is [2H]c1c([2H])c(-c2oc3c([2H])c([2H])c([2H])c([2H])c3c2[2H])c([2H])c(-c2c([2H])c([2H])c(N(c3c([2H])c([2H])c(-c4c([2H])c([2H])c([2H])c5c([2H])c([2H])c([2H])c([2H])c45)c([2H])c3[2H])c3c([2H])c([2H])c([2H])c4c([2H])c([2H])c([2H])c([2H])c34)c([2H])c2[2H])c1[2H]. The van der Waals surface area contributed by atoms with Crippen molar-refractivity contribution in [1.82, 2.24) is 0 Å². The summed E-state index contributed by atoms with van der Waals surface area (Å²) in [6, 6.07) is -32.0. The van der Waals surface area contributed by atoms with E-state index in [0.717, 1.165) is 0 Å². The fraction of sp³-hybridized carbons (Fsp3) is 0. The smallest absolute Gasteiger partial charge is 0.135 e. The van der Waals surface area contributed by atoms with Crippen LogP contribution in [0.5, 0.6) is 0 Å². The van der Waals surface area contributed by atoms with Crippen LogP contribution in [0, 0.1) is 0 Å². The highest BCUT2D eigenvalue weighted by Crippen LogP contribution is 2.41. The lowest BCUT2D eigenvalue weighted by Crippen LogP contribution is -2.10. The number of hydrogen-bond acceptors (Lipinski definition) is 2. The average molecular weight is 645 g/mol. The van der Waals surface area contributed by atoms with Crippen molar-refractivity contribution in [1.29, 1.82) is 0 Å². The molecule has 0 aliphatic heterocycles. The van der Waals surface area contributed by atoms with Crippen molar-refractivity contribution in [3.8, 4) is 33.6 Å². The number of rotatable bonds is 6. The minimum Gasteiger partial charge on any atom is -0.456 e. The van der Waals surface area contributed by atoms with E-state index < -0.39 is 270 Å². The molecule has 1 aromatic heterocycles. The van der Waals surface area contributed by atoms with Gasteiger partial charge in [-0.1, -0.05) is 139 Å². The first-order chi connectivity index (χ1) is 36.7. The number of fused-ring (bicyclic) bond motifs is 3. The van der Waals surface area contributed by atoms with Gasteiger partial charge in [0.25, 0.3) is 0 Å². The van der Waals surface area contributed by atoms with Gasteiger partial charge in [-0.2, -0.15) is 0 Å². The summed E-state index contributed by atoms with van der Waals surface area (Å²) in [7, 11) is 0. The molecule has 0 fully saturated rings. The molecule has 226 valence electrons. The largest absolute Gasteiger partial charge is 0.456 e. The van der Waals surface area contributed by atoms with E-state index in [-0.39, 0.29) is 0 Å². The number of hydrogen-bond donors (Lipinski definition) is 0. The van der Waals surface area contributed by atoms with Crippen molar-refractivity contribution < 1.29 is 46.9 Å². The van der Waals surface area contributed by atoms with Crippen LogP contribution in [-0.4, -0.2) is 0 Å². The zero-order chi connectivity index (χ0) is 58.8. The fourth-order valence-electron chi connectivity index (χ4n) is 4.79. The molecule has 0 radical (unpaired) electrons. The Bertz CT molecular complexity index is 4260. The zero-order valence-electron chi connectivity index (χ0n) is 54.9. The van der Waals surface area contributed by atoms with Crippen molar-refractivity contribution in [2.24, 2.45) is 0 Å². The van der Waals surface area contributed by atoms with E-state index >= 15 is 0 Å². The standard InChI is InChI=1S/C46H31NO/c1-4-17-41-33(10-1)13-8-19-42(41)35-24-28-40(29-25-35)47(44-20-9-14-34-11-2-5-18-43(34)44)39-26-22-32(23-27-39)36-15-7-16-37(30-36)46-31-38-12-3-6-21-45(38)48-46/h1-31H/i1D,2D,3D,4D,5D,6D,7D,8D,9D,10D,11D,12D,13D,14D,15D,16D,17D,18D,19D,20D,21D,22D,23D,24D,25D,26D,27D,28D,29D,30D,31D. The molecule has 2 nitrogen and oxygen atoms in total. The molecule has 0 saturated heterocycles. The van der Waals surface area contributed by atoms with Crippen LogP contribution in [0.3, 0.4) is 0 Å². The third-order valence-corrected chi connectivity index (χ3v) is 6.95. The lowest BCUT2D eigenvalue weighted by molar-refractivity contribution is 0.631. The quantitative estimate of drug-likeness (QED) is 0.179. The summed E-state index contributed by atoms with van der Waals surface area (Å²) < 4.78 is 282. The Morgan fingerprint density at radius 3 is 1.73 bits per heavy atom. The maximum absolute atomic E-state index is 9.60. The van der Waals surface area contributed by atoms with Crippen LogP contribution in [0.4, 0.5) is 17.1 Å². The summed E-state index contributed by atoms with van der Waals surface area (Å²) in [6.07, 6.45) is 0. The van der Waals surface area contributed by atoms with Crippen molar-refractivity contribution >= 4 is 49.6 Å². The summed E-state index contributed by atoms with van der Waals surface area (Å²) in [5.41, 5.74) is -8.48. The van der Waals surface area contributed by atoms with Gasteiger partial charge in [0.1, 0.15) is 11.3 Å². The molecule has 9 aromatic rings. The topological polar surface area (TPSA) is 16.4 Å². The van der Waals surface area contributed by atoms with Crippen molar-refractivity contribution in [2.45, 2.75) is 0 Å². The van der Waals surface area contributed by atoms with Gasteiger partial charge in [0.05, 0.1) is 48.2 Å². The fourth-order valence-corrected chi connectivity index (χ4v) is 4.79. The van der Waals surface area contributed by atoms with Crippen LogP contribution in [-0.2, 0) is 0 Å². The van der Waals surface area contributed by atoms with Gasteiger partial charge in [-0.3, -0.25) is 0 Å². The second kappa shape index (κ2) is 11.8. The predicted molar refractivity (Wildman–Crippen MR) is 202 cm³/mol. The number of nitrogens with zero attached hydrogens (tertiary/aromatic N) is 1.